The summed E-state index contributed by atoms with van der Waals surface area (Å²) in [6.07, 6.45) is 5.39. The van der Waals surface area contributed by atoms with Crippen LogP contribution in [0.1, 0.15) is 43.2 Å². The van der Waals surface area contributed by atoms with E-state index in [2.05, 4.69) is 22.4 Å². The molecule has 0 unspecified atom stereocenters. The number of nitrogens with zero attached hydrogens (tertiary/aromatic N) is 2. The van der Waals surface area contributed by atoms with E-state index in [4.69, 9.17) is 5.26 Å². The third kappa shape index (κ3) is 3.66. The first-order valence-corrected chi connectivity index (χ1v) is 8.26. The molecule has 2 aliphatic rings. The number of nitrogens with one attached hydrogen (secondary N) is 1. The molecule has 1 aromatic rings. The molecule has 1 saturated heterocycles. The Bertz CT molecular complexity index is 566. The fraction of sp³-hybridized carbons (Fsp3) is 0.556. The second kappa shape index (κ2) is 6.93. The first kappa shape index (κ1) is 15.1. The van der Waals surface area contributed by atoms with Gasteiger partial charge in [0.1, 0.15) is 0 Å². The first-order valence-electron chi connectivity index (χ1n) is 8.26. The minimum absolute atomic E-state index is 0.270. The fourth-order valence-electron chi connectivity index (χ4n) is 3.22. The lowest BCUT2D eigenvalue weighted by Gasteiger charge is -2.34. The van der Waals surface area contributed by atoms with Crippen molar-refractivity contribution in [2.45, 2.75) is 44.7 Å². The zero-order valence-corrected chi connectivity index (χ0v) is 12.9. The fourth-order valence-corrected chi connectivity index (χ4v) is 3.22. The number of amides is 1. The van der Waals surface area contributed by atoms with Crippen LogP contribution >= 0.6 is 0 Å². The Morgan fingerprint density at radius 1 is 1.27 bits per heavy atom. The molecule has 4 heteroatoms. The summed E-state index contributed by atoms with van der Waals surface area (Å²) in [4.78, 5) is 14.4. The topological polar surface area (TPSA) is 56.1 Å². The number of piperidine rings is 1. The molecule has 0 atom stereocenters. The van der Waals surface area contributed by atoms with E-state index in [9.17, 15) is 4.79 Å². The van der Waals surface area contributed by atoms with E-state index in [1.807, 2.05) is 18.2 Å². The largest absolute Gasteiger partial charge is 0.353 e. The molecule has 2 fully saturated rings. The van der Waals surface area contributed by atoms with Gasteiger partial charge < -0.3 is 5.32 Å². The lowest BCUT2D eigenvalue weighted by atomic mass is 9.84. The van der Waals surface area contributed by atoms with Crippen LogP contribution in [-0.4, -0.2) is 29.9 Å². The zero-order valence-electron chi connectivity index (χ0n) is 12.9. The molecule has 1 heterocycles. The van der Waals surface area contributed by atoms with Gasteiger partial charge in [0.2, 0.25) is 5.91 Å². The van der Waals surface area contributed by atoms with E-state index in [-0.39, 0.29) is 11.8 Å². The zero-order chi connectivity index (χ0) is 15.4. The van der Waals surface area contributed by atoms with Gasteiger partial charge in [-0.2, -0.15) is 5.26 Å². The average molecular weight is 297 g/mol. The highest BCUT2D eigenvalue weighted by Gasteiger charge is 2.28. The van der Waals surface area contributed by atoms with Crippen molar-refractivity contribution in [2.75, 3.05) is 13.1 Å². The molecule has 0 bridgehead atoms. The highest BCUT2D eigenvalue weighted by Crippen LogP contribution is 2.26. The third-order valence-electron chi connectivity index (χ3n) is 4.87. The molecule has 3 rings (SSSR count). The Kier molecular flexibility index (Phi) is 4.74. The Balaban J connectivity index is 1.45. The number of benzene rings is 1. The minimum atomic E-state index is 0.270. The Morgan fingerprint density at radius 2 is 2.05 bits per heavy atom. The number of rotatable bonds is 4. The van der Waals surface area contributed by atoms with Crippen molar-refractivity contribution in [3.05, 3.63) is 35.4 Å². The average Bonchev–Trinajstić information content (AvgIpc) is 2.48. The van der Waals surface area contributed by atoms with E-state index in [1.54, 1.807) is 0 Å². The highest BCUT2D eigenvalue weighted by molar-refractivity contribution is 5.79. The predicted molar refractivity (Wildman–Crippen MR) is 84.9 cm³/mol. The monoisotopic (exact) mass is 297 g/mol. The van der Waals surface area contributed by atoms with Gasteiger partial charge in [-0.15, -0.1) is 0 Å². The van der Waals surface area contributed by atoms with Crippen molar-refractivity contribution < 1.29 is 4.79 Å². The quantitative estimate of drug-likeness (QED) is 0.928. The number of nitriles is 1. The molecular weight excluding hydrogens is 274 g/mol. The molecule has 1 amide bonds. The lowest BCUT2D eigenvalue weighted by Crippen LogP contribution is -2.47. The number of hydrogen-bond acceptors (Lipinski definition) is 3. The van der Waals surface area contributed by atoms with E-state index in [0.29, 0.717) is 6.04 Å². The summed E-state index contributed by atoms with van der Waals surface area (Å²) in [7, 11) is 0. The van der Waals surface area contributed by atoms with Crippen molar-refractivity contribution in [1.82, 2.24) is 10.2 Å². The summed E-state index contributed by atoms with van der Waals surface area (Å²) >= 11 is 0. The molecule has 1 aromatic carbocycles. The first-order chi connectivity index (χ1) is 10.7. The molecule has 116 valence electrons. The highest BCUT2D eigenvalue weighted by atomic mass is 16.2. The maximum absolute atomic E-state index is 12.0. The third-order valence-corrected chi connectivity index (χ3v) is 4.87. The van der Waals surface area contributed by atoms with Gasteiger partial charge in [0.25, 0.3) is 0 Å². The van der Waals surface area contributed by atoms with Crippen molar-refractivity contribution in [3.63, 3.8) is 0 Å². The molecule has 1 aliphatic heterocycles. The van der Waals surface area contributed by atoms with Crippen molar-refractivity contribution in [2.24, 2.45) is 5.92 Å². The lowest BCUT2D eigenvalue weighted by molar-refractivity contribution is -0.128. The molecule has 4 nitrogen and oxygen atoms in total. The molecular formula is C18H23N3O. The van der Waals surface area contributed by atoms with E-state index in [0.717, 1.165) is 50.9 Å². The SMILES string of the molecule is N#Cc1cccc(CN2CCC(NC(=O)C3CCC3)CC2)c1. The van der Waals surface area contributed by atoms with Gasteiger partial charge in [0, 0.05) is 31.6 Å². The molecule has 1 saturated carbocycles. The van der Waals surface area contributed by atoms with Crippen molar-refractivity contribution in [1.29, 1.82) is 5.26 Å². The van der Waals surface area contributed by atoms with Gasteiger partial charge in [-0.05, 0) is 43.4 Å². The molecule has 0 spiro atoms. The van der Waals surface area contributed by atoms with Crippen LogP contribution in [0.5, 0.6) is 0 Å². The van der Waals surface area contributed by atoms with E-state index >= 15 is 0 Å². The summed E-state index contributed by atoms with van der Waals surface area (Å²) in [5, 5.41) is 12.2. The molecule has 22 heavy (non-hydrogen) atoms. The summed E-state index contributed by atoms with van der Waals surface area (Å²) in [6, 6.07) is 10.4. The number of carbonyl (C=O) groups is 1. The second-order valence-electron chi connectivity index (χ2n) is 6.50. The van der Waals surface area contributed by atoms with Gasteiger partial charge in [-0.25, -0.2) is 0 Å². The summed E-state index contributed by atoms with van der Waals surface area (Å²) in [5.74, 6) is 0.554. The van der Waals surface area contributed by atoms with Crippen LogP contribution in [0.3, 0.4) is 0 Å². The van der Waals surface area contributed by atoms with Gasteiger partial charge in [0.05, 0.1) is 11.6 Å². The van der Waals surface area contributed by atoms with Crippen LogP contribution < -0.4 is 5.32 Å². The summed E-state index contributed by atoms with van der Waals surface area (Å²) in [5.41, 5.74) is 1.91. The van der Waals surface area contributed by atoms with Crippen LogP contribution in [0.25, 0.3) is 0 Å². The number of carbonyl (C=O) groups excluding carboxylic acids is 1. The van der Waals surface area contributed by atoms with E-state index in [1.165, 1.54) is 12.0 Å². The predicted octanol–water partition coefficient (Wildman–Crippen LogP) is 2.44. The minimum Gasteiger partial charge on any atom is -0.353 e. The maximum atomic E-state index is 12.0. The van der Waals surface area contributed by atoms with Crippen LogP contribution in [0, 0.1) is 17.2 Å². The second-order valence-corrected chi connectivity index (χ2v) is 6.50. The van der Waals surface area contributed by atoms with Gasteiger partial charge in [-0.1, -0.05) is 18.6 Å². The smallest absolute Gasteiger partial charge is 0.223 e. The summed E-state index contributed by atoms with van der Waals surface area (Å²) < 4.78 is 0. The van der Waals surface area contributed by atoms with Gasteiger partial charge in [0.15, 0.2) is 0 Å². The van der Waals surface area contributed by atoms with Gasteiger partial charge in [-0.3, -0.25) is 9.69 Å². The van der Waals surface area contributed by atoms with Crippen LogP contribution in [0.2, 0.25) is 0 Å². The van der Waals surface area contributed by atoms with Crippen LogP contribution in [0.4, 0.5) is 0 Å². The molecule has 0 radical (unpaired) electrons. The van der Waals surface area contributed by atoms with Crippen molar-refractivity contribution in [3.8, 4) is 6.07 Å². The van der Waals surface area contributed by atoms with Crippen LogP contribution in [-0.2, 0) is 11.3 Å². The van der Waals surface area contributed by atoms with Gasteiger partial charge >= 0.3 is 0 Å². The standard InChI is InChI=1S/C18H23N3O/c19-12-14-3-1-4-15(11-14)13-21-9-7-17(8-10-21)20-18(22)16-5-2-6-16/h1,3-4,11,16-17H,2,5-10,13H2,(H,20,22). The van der Waals surface area contributed by atoms with Crippen LogP contribution in [0.15, 0.2) is 24.3 Å². The maximum Gasteiger partial charge on any atom is 0.223 e. The molecule has 0 aromatic heterocycles. The summed E-state index contributed by atoms with van der Waals surface area (Å²) in [6.45, 7) is 2.90. The molecule has 1 N–H and O–H groups in total. The van der Waals surface area contributed by atoms with Crippen molar-refractivity contribution >= 4 is 5.91 Å². The normalized spacial score (nSPS) is 20.1. The number of likely N-dealkylation sites (tertiary alicyclic amines) is 1. The Labute approximate surface area is 132 Å². The Hall–Kier alpha value is -1.86. The molecule has 1 aliphatic carbocycles. The van der Waals surface area contributed by atoms with E-state index < -0.39 is 0 Å². The number of hydrogen-bond donors (Lipinski definition) is 1. The Morgan fingerprint density at radius 3 is 2.68 bits per heavy atom.